The first-order chi connectivity index (χ1) is 9.36. The molecule has 1 saturated heterocycles. The fourth-order valence-corrected chi connectivity index (χ4v) is 2.55. The second-order valence-corrected chi connectivity index (χ2v) is 5.09. The van der Waals surface area contributed by atoms with Gasteiger partial charge in [-0.2, -0.15) is 4.68 Å². The molecule has 1 aromatic heterocycles. The smallest absolute Gasteiger partial charge is 0.157 e. The zero-order chi connectivity index (χ0) is 13.1. The molecule has 0 bridgehead atoms. The summed E-state index contributed by atoms with van der Waals surface area (Å²) in [6.45, 7) is 4.34. The lowest BCUT2D eigenvalue weighted by atomic mass is 10.0. The number of nitrogens with one attached hydrogen (secondary N) is 1. The number of aromatic nitrogens is 4. The maximum absolute atomic E-state index is 4.17. The highest BCUT2D eigenvalue weighted by atomic mass is 15.5. The maximum Gasteiger partial charge on any atom is 0.157 e. The second kappa shape index (κ2) is 5.48. The highest BCUT2D eigenvalue weighted by Gasteiger charge is 2.19. The van der Waals surface area contributed by atoms with Crippen LogP contribution in [0, 0.1) is 5.92 Å². The zero-order valence-electron chi connectivity index (χ0n) is 11.2. The van der Waals surface area contributed by atoms with Crippen molar-refractivity contribution in [1.29, 1.82) is 0 Å². The molecule has 3 rings (SSSR count). The molecule has 0 saturated carbocycles. The van der Waals surface area contributed by atoms with Crippen LogP contribution in [0.25, 0.3) is 5.69 Å². The van der Waals surface area contributed by atoms with E-state index in [4.69, 9.17) is 0 Å². The quantitative estimate of drug-likeness (QED) is 0.899. The third-order valence-corrected chi connectivity index (χ3v) is 3.76. The van der Waals surface area contributed by atoms with Crippen molar-refractivity contribution in [3.63, 3.8) is 0 Å². The molecule has 0 spiro atoms. The van der Waals surface area contributed by atoms with Gasteiger partial charge in [-0.25, -0.2) is 0 Å². The summed E-state index contributed by atoms with van der Waals surface area (Å²) in [5.74, 6) is 1.61. The largest absolute Gasteiger partial charge is 0.316 e. The van der Waals surface area contributed by atoms with Gasteiger partial charge in [-0.3, -0.25) is 0 Å². The van der Waals surface area contributed by atoms with Gasteiger partial charge < -0.3 is 5.32 Å². The van der Waals surface area contributed by atoms with E-state index in [1.54, 1.807) is 0 Å². The molecule has 0 radical (unpaired) electrons. The van der Waals surface area contributed by atoms with Gasteiger partial charge in [-0.15, -0.1) is 5.10 Å². The topological polar surface area (TPSA) is 55.6 Å². The summed E-state index contributed by atoms with van der Waals surface area (Å²) in [6, 6.07) is 8.45. The van der Waals surface area contributed by atoms with Crippen molar-refractivity contribution in [2.24, 2.45) is 5.92 Å². The minimum atomic E-state index is 0.652. The van der Waals surface area contributed by atoms with E-state index >= 15 is 0 Å². The van der Waals surface area contributed by atoms with Gasteiger partial charge in [0.05, 0.1) is 5.69 Å². The summed E-state index contributed by atoms with van der Waals surface area (Å²) >= 11 is 0. The Morgan fingerprint density at radius 2 is 2.16 bits per heavy atom. The fraction of sp³-hybridized carbons (Fsp3) is 0.500. The molecule has 2 aromatic rings. The highest BCUT2D eigenvalue weighted by Crippen LogP contribution is 2.16. The van der Waals surface area contributed by atoms with E-state index < -0.39 is 0 Å². The van der Waals surface area contributed by atoms with Gasteiger partial charge >= 0.3 is 0 Å². The fourth-order valence-electron chi connectivity index (χ4n) is 2.55. The minimum absolute atomic E-state index is 0.652. The highest BCUT2D eigenvalue weighted by molar-refractivity contribution is 5.34. The van der Waals surface area contributed by atoms with E-state index in [0.29, 0.717) is 5.92 Å². The lowest BCUT2D eigenvalue weighted by molar-refractivity contribution is 0.551. The van der Waals surface area contributed by atoms with Crippen LogP contribution in [-0.2, 0) is 12.8 Å². The van der Waals surface area contributed by atoms with Gasteiger partial charge in [0.25, 0.3) is 0 Å². The summed E-state index contributed by atoms with van der Waals surface area (Å²) in [4.78, 5) is 0. The Labute approximate surface area is 113 Å². The Hall–Kier alpha value is -1.75. The van der Waals surface area contributed by atoms with Gasteiger partial charge in [0.2, 0.25) is 0 Å². The molecule has 0 amide bonds. The van der Waals surface area contributed by atoms with E-state index in [2.05, 4.69) is 52.0 Å². The normalized spacial score (nSPS) is 18.9. The number of rotatable bonds is 4. The molecule has 100 valence electrons. The van der Waals surface area contributed by atoms with Crippen molar-refractivity contribution in [3.05, 3.63) is 35.7 Å². The number of benzene rings is 1. The molecule has 5 heteroatoms. The molecule has 0 aliphatic carbocycles. The molecule has 1 fully saturated rings. The summed E-state index contributed by atoms with van der Waals surface area (Å²) in [5, 5.41) is 15.5. The van der Waals surface area contributed by atoms with Crippen LogP contribution in [-0.4, -0.2) is 33.3 Å². The van der Waals surface area contributed by atoms with Crippen LogP contribution in [0.1, 0.15) is 24.7 Å². The first-order valence-corrected chi connectivity index (χ1v) is 6.94. The van der Waals surface area contributed by atoms with E-state index in [9.17, 15) is 0 Å². The standard InChI is InChI=1S/C14H19N5/c1-2-11-3-5-13(6-4-11)19-14(16-17-18-19)9-12-7-8-15-10-12/h3-6,12,15H,2,7-10H2,1H3. The van der Waals surface area contributed by atoms with Gasteiger partial charge in [0, 0.05) is 6.42 Å². The lowest BCUT2D eigenvalue weighted by Crippen LogP contribution is -2.13. The average molecular weight is 257 g/mol. The Bertz CT molecular complexity index is 525. The summed E-state index contributed by atoms with van der Waals surface area (Å²) < 4.78 is 1.86. The molecule has 1 unspecified atom stereocenters. The van der Waals surface area contributed by atoms with E-state index in [0.717, 1.165) is 37.4 Å². The molecular formula is C14H19N5. The number of hydrogen-bond acceptors (Lipinski definition) is 4. The van der Waals surface area contributed by atoms with Crippen LogP contribution in [0.5, 0.6) is 0 Å². The summed E-state index contributed by atoms with van der Waals surface area (Å²) in [5.41, 5.74) is 2.38. The molecule has 5 nitrogen and oxygen atoms in total. The Kier molecular flexibility index (Phi) is 3.55. The number of nitrogens with zero attached hydrogens (tertiary/aromatic N) is 4. The third kappa shape index (κ3) is 2.66. The van der Waals surface area contributed by atoms with Gasteiger partial charge in [0.1, 0.15) is 0 Å². The maximum atomic E-state index is 4.17. The van der Waals surface area contributed by atoms with Crippen LogP contribution in [0.4, 0.5) is 0 Å². The average Bonchev–Trinajstić information content (AvgIpc) is 3.11. The van der Waals surface area contributed by atoms with Gasteiger partial charge in [0.15, 0.2) is 5.82 Å². The molecule has 1 aliphatic heterocycles. The molecule has 1 aromatic carbocycles. The monoisotopic (exact) mass is 257 g/mol. The minimum Gasteiger partial charge on any atom is -0.316 e. The number of tetrazole rings is 1. The van der Waals surface area contributed by atoms with Crippen LogP contribution in [0.3, 0.4) is 0 Å². The SMILES string of the molecule is CCc1ccc(-n2nnnc2CC2CCNC2)cc1. The zero-order valence-corrected chi connectivity index (χ0v) is 11.2. The molecule has 19 heavy (non-hydrogen) atoms. The van der Waals surface area contributed by atoms with E-state index in [1.807, 2.05) is 4.68 Å². The lowest BCUT2D eigenvalue weighted by Gasteiger charge is -2.08. The van der Waals surface area contributed by atoms with E-state index in [1.165, 1.54) is 12.0 Å². The van der Waals surface area contributed by atoms with Gasteiger partial charge in [-0.1, -0.05) is 19.1 Å². The van der Waals surface area contributed by atoms with Crippen molar-refractivity contribution in [2.75, 3.05) is 13.1 Å². The molecular weight excluding hydrogens is 238 g/mol. The summed E-state index contributed by atoms with van der Waals surface area (Å²) in [7, 11) is 0. The van der Waals surface area contributed by atoms with Crippen LogP contribution < -0.4 is 5.32 Å². The van der Waals surface area contributed by atoms with Crippen LogP contribution in [0.2, 0.25) is 0 Å². The van der Waals surface area contributed by atoms with Crippen molar-refractivity contribution >= 4 is 0 Å². The van der Waals surface area contributed by atoms with Crippen LogP contribution in [0.15, 0.2) is 24.3 Å². The van der Waals surface area contributed by atoms with Crippen molar-refractivity contribution in [3.8, 4) is 5.69 Å². The predicted octanol–water partition coefficient (Wildman–Crippen LogP) is 1.38. The first kappa shape index (κ1) is 12.3. The Balaban J connectivity index is 1.81. The van der Waals surface area contributed by atoms with Crippen molar-refractivity contribution in [2.45, 2.75) is 26.2 Å². The third-order valence-electron chi connectivity index (χ3n) is 3.76. The Morgan fingerprint density at radius 1 is 1.32 bits per heavy atom. The van der Waals surface area contributed by atoms with Crippen LogP contribution >= 0.6 is 0 Å². The molecule has 2 heterocycles. The van der Waals surface area contributed by atoms with Gasteiger partial charge in [-0.05, 0) is 60.0 Å². The molecule has 1 aliphatic rings. The molecule has 1 N–H and O–H groups in total. The van der Waals surface area contributed by atoms with Crippen molar-refractivity contribution < 1.29 is 0 Å². The second-order valence-electron chi connectivity index (χ2n) is 5.09. The van der Waals surface area contributed by atoms with E-state index in [-0.39, 0.29) is 0 Å². The predicted molar refractivity (Wildman–Crippen MR) is 73.2 cm³/mol. The molecule has 1 atom stereocenters. The van der Waals surface area contributed by atoms with Crippen molar-refractivity contribution in [1.82, 2.24) is 25.5 Å². The first-order valence-electron chi connectivity index (χ1n) is 6.94. The Morgan fingerprint density at radius 3 is 2.84 bits per heavy atom. The summed E-state index contributed by atoms with van der Waals surface area (Å²) in [6.07, 6.45) is 3.20. The number of aryl methyl sites for hydroxylation is 1. The number of hydrogen-bond donors (Lipinski definition) is 1.